The van der Waals surface area contributed by atoms with E-state index < -0.39 is 0 Å². The number of rotatable bonds is 5. The van der Waals surface area contributed by atoms with Crippen molar-refractivity contribution in [2.45, 2.75) is 32.7 Å². The summed E-state index contributed by atoms with van der Waals surface area (Å²) in [5.41, 5.74) is 2.05. The van der Waals surface area contributed by atoms with Crippen LogP contribution in [-0.2, 0) is 4.79 Å². The third kappa shape index (κ3) is 4.32. The molecular weight excluding hydrogens is 250 g/mol. The number of hydrogen-bond donors (Lipinski definition) is 2. The fourth-order valence-corrected chi connectivity index (χ4v) is 2.78. The summed E-state index contributed by atoms with van der Waals surface area (Å²) < 4.78 is 0. The molecule has 0 unspecified atom stereocenters. The number of nitrogens with one attached hydrogen (secondary N) is 2. The Morgan fingerprint density at radius 1 is 1.40 bits per heavy atom. The third-order valence-corrected chi connectivity index (χ3v) is 3.88. The number of carbonyl (C=O) groups excluding carboxylic acids is 1. The van der Waals surface area contributed by atoms with Crippen LogP contribution in [0.15, 0.2) is 24.3 Å². The fraction of sp³-hybridized carbons (Fsp3) is 0.562. The van der Waals surface area contributed by atoms with Crippen LogP contribution < -0.4 is 10.6 Å². The molecule has 1 amide bonds. The van der Waals surface area contributed by atoms with Gasteiger partial charge in [0.05, 0.1) is 6.54 Å². The van der Waals surface area contributed by atoms with Crippen LogP contribution in [0.5, 0.6) is 0 Å². The van der Waals surface area contributed by atoms with Gasteiger partial charge in [-0.15, -0.1) is 0 Å². The summed E-state index contributed by atoms with van der Waals surface area (Å²) >= 11 is 0. The molecule has 1 aromatic carbocycles. The maximum Gasteiger partial charge on any atom is 0.238 e. The molecule has 2 rings (SSSR count). The van der Waals surface area contributed by atoms with Gasteiger partial charge < -0.3 is 10.6 Å². The standard InChI is InChI=1S/C16H25N3O/c1-3-19(15-7-9-17-10-8-15)12-16(20)18-14-6-4-5-13(2)11-14/h4-6,11,15,17H,3,7-10,12H2,1-2H3,(H,18,20). The summed E-state index contributed by atoms with van der Waals surface area (Å²) in [5.74, 6) is 0.0796. The van der Waals surface area contributed by atoms with E-state index in [4.69, 9.17) is 0 Å². The molecule has 0 saturated carbocycles. The number of carbonyl (C=O) groups is 1. The minimum absolute atomic E-state index is 0.0796. The number of amides is 1. The van der Waals surface area contributed by atoms with Crippen molar-refractivity contribution < 1.29 is 4.79 Å². The Kier molecular flexibility index (Phi) is 5.56. The molecule has 0 aromatic heterocycles. The Balaban J connectivity index is 1.88. The molecule has 4 heteroatoms. The highest BCUT2D eigenvalue weighted by atomic mass is 16.2. The maximum atomic E-state index is 12.2. The summed E-state index contributed by atoms with van der Waals surface area (Å²) in [5, 5.41) is 6.36. The van der Waals surface area contributed by atoms with Gasteiger partial charge in [-0.2, -0.15) is 0 Å². The van der Waals surface area contributed by atoms with Crippen LogP contribution in [0.4, 0.5) is 5.69 Å². The quantitative estimate of drug-likeness (QED) is 0.864. The van der Waals surface area contributed by atoms with E-state index in [2.05, 4.69) is 22.5 Å². The zero-order chi connectivity index (χ0) is 14.4. The molecule has 1 aliphatic heterocycles. The van der Waals surface area contributed by atoms with Crippen LogP contribution in [0, 0.1) is 6.92 Å². The van der Waals surface area contributed by atoms with Crippen LogP contribution in [0.25, 0.3) is 0 Å². The number of hydrogen-bond acceptors (Lipinski definition) is 3. The molecule has 1 saturated heterocycles. The van der Waals surface area contributed by atoms with Gasteiger partial charge >= 0.3 is 0 Å². The number of nitrogens with zero attached hydrogens (tertiary/aromatic N) is 1. The van der Waals surface area contributed by atoms with Crippen molar-refractivity contribution in [3.8, 4) is 0 Å². The van der Waals surface area contributed by atoms with Gasteiger partial charge in [0.25, 0.3) is 0 Å². The van der Waals surface area contributed by atoms with E-state index in [0.29, 0.717) is 12.6 Å². The summed E-state index contributed by atoms with van der Waals surface area (Å²) in [7, 11) is 0. The van der Waals surface area contributed by atoms with E-state index >= 15 is 0 Å². The molecule has 1 aliphatic rings. The molecule has 1 fully saturated rings. The highest BCUT2D eigenvalue weighted by molar-refractivity contribution is 5.92. The molecule has 0 spiro atoms. The molecule has 0 aliphatic carbocycles. The van der Waals surface area contributed by atoms with E-state index in [1.165, 1.54) is 0 Å². The van der Waals surface area contributed by atoms with Crippen LogP contribution in [0.2, 0.25) is 0 Å². The van der Waals surface area contributed by atoms with E-state index in [1.807, 2.05) is 31.2 Å². The second kappa shape index (κ2) is 7.41. The van der Waals surface area contributed by atoms with Crippen molar-refractivity contribution in [3.05, 3.63) is 29.8 Å². The van der Waals surface area contributed by atoms with Gasteiger partial charge in [-0.3, -0.25) is 9.69 Å². The Hall–Kier alpha value is -1.39. The lowest BCUT2D eigenvalue weighted by Crippen LogP contribution is -2.46. The van der Waals surface area contributed by atoms with Crippen LogP contribution in [0.1, 0.15) is 25.3 Å². The average Bonchev–Trinajstić information content (AvgIpc) is 2.45. The molecule has 20 heavy (non-hydrogen) atoms. The summed E-state index contributed by atoms with van der Waals surface area (Å²) in [6.07, 6.45) is 2.26. The number of anilines is 1. The lowest BCUT2D eigenvalue weighted by molar-refractivity contribution is -0.118. The first kappa shape index (κ1) is 15.0. The maximum absolute atomic E-state index is 12.2. The minimum atomic E-state index is 0.0796. The summed E-state index contributed by atoms with van der Waals surface area (Å²) in [4.78, 5) is 14.5. The molecule has 4 nitrogen and oxygen atoms in total. The van der Waals surface area contributed by atoms with Gasteiger partial charge in [0.2, 0.25) is 5.91 Å². The van der Waals surface area contributed by atoms with Gasteiger partial charge in [0.1, 0.15) is 0 Å². The smallest absolute Gasteiger partial charge is 0.238 e. The van der Waals surface area contributed by atoms with E-state index in [1.54, 1.807) is 0 Å². The van der Waals surface area contributed by atoms with E-state index in [9.17, 15) is 4.79 Å². The van der Waals surface area contributed by atoms with Gasteiger partial charge in [0.15, 0.2) is 0 Å². The topological polar surface area (TPSA) is 44.4 Å². The van der Waals surface area contributed by atoms with Gasteiger partial charge in [-0.1, -0.05) is 19.1 Å². The number of aryl methyl sites for hydroxylation is 1. The second-order valence-electron chi connectivity index (χ2n) is 5.46. The second-order valence-corrected chi connectivity index (χ2v) is 5.46. The molecule has 1 heterocycles. The van der Waals surface area contributed by atoms with Gasteiger partial charge in [0, 0.05) is 11.7 Å². The Morgan fingerprint density at radius 3 is 2.80 bits per heavy atom. The lowest BCUT2D eigenvalue weighted by Gasteiger charge is -2.33. The first-order valence-electron chi connectivity index (χ1n) is 7.50. The zero-order valence-corrected chi connectivity index (χ0v) is 12.5. The molecular formula is C16H25N3O. The van der Waals surface area contributed by atoms with Crippen molar-refractivity contribution in [3.63, 3.8) is 0 Å². The van der Waals surface area contributed by atoms with Crippen molar-refractivity contribution in [2.24, 2.45) is 0 Å². The fourth-order valence-electron chi connectivity index (χ4n) is 2.78. The summed E-state index contributed by atoms with van der Waals surface area (Å²) in [6.45, 7) is 7.67. The third-order valence-electron chi connectivity index (χ3n) is 3.88. The highest BCUT2D eigenvalue weighted by Gasteiger charge is 2.21. The van der Waals surface area contributed by atoms with Crippen LogP contribution >= 0.6 is 0 Å². The van der Waals surface area contributed by atoms with Crippen molar-refractivity contribution >= 4 is 11.6 Å². The van der Waals surface area contributed by atoms with Gasteiger partial charge in [-0.25, -0.2) is 0 Å². The van der Waals surface area contributed by atoms with Crippen molar-refractivity contribution in [1.82, 2.24) is 10.2 Å². The molecule has 2 N–H and O–H groups in total. The van der Waals surface area contributed by atoms with Gasteiger partial charge in [-0.05, 0) is 57.1 Å². The molecule has 0 radical (unpaired) electrons. The zero-order valence-electron chi connectivity index (χ0n) is 12.5. The Bertz CT molecular complexity index is 441. The predicted molar refractivity (Wildman–Crippen MR) is 82.9 cm³/mol. The Morgan fingerprint density at radius 2 is 2.15 bits per heavy atom. The number of piperidine rings is 1. The van der Waals surface area contributed by atoms with Crippen LogP contribution in [-0.4, -0.2) is 43.0 Å². The van der Waals surface area contributed by atoms with Crippen molar-refractivity contribution in [1.29, 1.82) is 0 Å². The SMILES string of the molecule is CCN(CC(=O)Nc1cccc(C)c1)C1CCNCC1. The lowest BCUT2D eigenvalue weighted by atomic mass is 10.0. The molecule has 0 atom stereocenters. The molecule has 1 aromatic rings. The average molecular weight is 275 g/mol. The normalized spacial score (nSPS) is 16.4. The predicted octanol–water partition coefficient (Wildman–Crippen LogP) is 2.01. The minimum Gasteiger partial charge on any atom is -0.325 e. The first-order valence-corrected chi connectivity index (χ1v) is 7.50. The van der Waals surface area contributed by atoms with E-state index in [-0.39, 0.29) is 5.91 Å². The van der Waals surface area contributed by atoms with Crippen molar-refractivity contribution in [2.75, 3.05) is 31.5 Å². The Labute approximate surface area is 121 Å². The van der Waals surface area contributed by atoms with Crippen LogP contribution in [0.3, 0.4) is 0 Å². The number of benzene rings is 1. The largest absolute Gasteiger partial charge is 0.325 e. The van der Waals surface area contributed by atoms with E-state index in [0.717, 1.165) is 43.7 Å². The highest BCUT2D eigenvalue weighted by Crippen LogP contribution is 2.13. The molecule has 110 valence electrons. The monoisotopic (exact) mass is 275 g/mol. The number of likely N-dealkylation sites (N-methyl/N-ethyl adjacent to an activating group) is 1. The first-order chi connectivity index (χ1) is 9.69. The molecule has 0 bridgehead atoms. The summed E-state index contributed by atoms with van der Waals surface area (Å²) in [6, 6.07) is 8.47.